The molecule has 126 valence electrons. The molecule has 2 N–H and O–H groups in total. The Balaban J connectivity index is 1.66. The Morgan fingerprint density at radius 3 is 2.72 bits per heavy atom. The number of hydrogen-bond acceptors (Lipinski definition) is 4. The molecule has 0 spiro atoms. The third kappa shape index (κ3) is 4.43. The molecule has 3 aromatic rings. The van der Waals surface area contributed by atoms with Crippen LogP contribution in [-0.4, -0.2) is 29.2 Å². The SMILES string of the molecule is O=C(/C=C/c1ccnc2ccccc12)Nc1ccc(OCCO)cc1. The van der Waals surface area contributed by atoms with Crippen LogP contribution in [0, 0.1) is 0 Å². The smallest absolute Gasteiger partial charge is 0.248 e. The van der Waals surface area contributed by atoms with Gasteiger partial charge in [-0.3, -0.25) is 9.78 Å². The number of amides is 1. The topological polar surface area (TPSA) is 71.5 Å². The van der Waals surface area contributed by atoms with Crippen LogP contribution in [0.3, 0.4) is 0 Å². The van der Waals surface area contributed by atoms with Crippen LogP contribution in [-0.2, 0) is 4.79 Å². The van der Waals surface area contributed by atoms with E-state index < -0.39 is 0 Å². The molecular formula is C20H18N2O3. The van der Waals surface area contributed by atoms with Crippen molar-refractivity contribution in [3.05, 3.63) is 72.4 Å². The van der Waals surface area contributed by atoms with E-state index in [1.807, 2.05) is 30.3 Å². The van der Waals surface area contributed by atoms with Crippen LogP contribution >= 0.6 is 0 Å². The summed E-state index contributed by atoms with van der Waals surface area (Å²) in [4.78, 5) is 16.4. The lowest BCUT2D eigenvalue weighted by Gasteiger charge is -2.06. The van der Waals surface area contributed by atoms with E-state index in [-0.39, 0.29) is 19.1 Å². The fourth-order valence-corrected chi connectivity index (χ4v) is 2.41. The zero-order valence-corrected chi connectivity index (χ0v) is 13.6. The molecule has 5 nitrogen and oxygen atoms in total. The minimum absolute atomic E-state index is 0.0348. The van der Waals surface area contributed by atoms with Crippen LogP contribution < -0.4 is 10.1 Å². The Hall–Kier alpha value is -3.18. The lowest BCUT2D eigenvalue weighted by molar-refractivity contribution is -0.111. The van der Waals surface area contributed by atoms with Crippen molar-refractivity contribution >= 4 is 28.6 Å². The number of nitrogens with zero attached hydrogens (tertiary/aromatic N) is 1. The molecule has 0 saturated heterocycles. The van der Waals surface area contributed by atoms with Gasteiger partial charge in [0.1, 0.15) is 12.4 Å². The van der Waals surface area contributed by atoms with Gasteiger partial charge in [0.25, 0.3) is 0 Å². The standard InChI is InChI=1S/C20H18N2O3/c23-13-14-25-17-8-6-16(7-9-17)22-20(24)10-5-15-11-12-21-19-4-2-1-3-18(15)19/h1-12,23H,13-14H2,(H,22,24)/b10-5+. The molecule has 5 heteroatoms. The average Bonchev–Trinajstić information content (AvgIpc) is 2.66. The van der Waals surface area contributed by atoms with Gasteiger partial charge < -0.3 is 15.2 Å². The second kappa shape index (κ2) is 8.08. The molecule has 0 aliphatic heterocycles. The fraction of sp³-hybridized carbons (Fsp3) is 0.100. The number of ether oxygens (including phenoxy) is 1. The predicted molar refractivity (Wildman–Crippen MR) is 98.4 cm³/mol. The van der Waals surface area contributed by atoms with Crippen molar-refractivity contribution < 1.29 is 14.6 Å². The molecule has 0 fully saturated rings. The molecule has 0 saturated carbocycles. The van der Waals surface area contributed by atoms with E-state index in [4.69, 9.17) is 9.84 Å². The van der Waals surface area contributed by atoms with Gasteiger partial charge in [0.15, 0.2) is 0 Å². The number of carbonyl (C=O) groups excluding carboxylic acids is 1. The number of nitrogens with one attached hydrogen (secondary N) is 1. The van der Waals surface area contributed by atoms with Gasteiger partial charge in [0.05, 0.1) is 12.1 Å². The number of anilines is 1. The third-order valence-electron chi connectivity index (χ3n) is 3.58. The number of benzene rings is 2. The summed E-state index contributed by atoms with van der Waals surface area (Å²) in [5, 5.41) is 12.5. The normalized spacial score (nSPS) is 10.9. The van der Waals surface area contributed by atoms with Crippen molar-refractivity contribution in [2.45, 2.75) is 0 Å². The zero-order chi connectivity index (χ0) is 17.5. The molecular weight excluding hydrogens is 316 g/mol. The first-order chi connectivity index (χ1) is 12.3. The largest absolute Gasteiger partial charge is 0.491 e. The number of carbonyl (C=O) groups is 1. The highest BCUT2D eigenvalue weighted by Gasteiger charge is 2.01. The predicted octanol–water partition coefficient (Wildman–Crippen LogP) is 3.26. The van der Waals surface area contributed by atoms with Gasteiger partial charge in [-0.05, 0) is 48.0 Å². The van der Waals surface area contributed by atoms with Crippen LogP contribution in [0.1, 0.15) is 5.56 Å². The number of para-hydroxylation sites is 1. The highest BCUT2D eigenvalue weighted by Crippen LogP contribution is 2.18. The molecule has 0 bridgehead atoms. The molecule has 0 aliphatic carbocycles. The second-order valence-electron chi connectivity index (χ2n) is 5.34. The van der Waals surface area contributed by atoms with Gasteiger partial charge in [0.2, 0.25) is 5.91 Å². The van der Waals surface area contributed by atoms with Crippen LogP contribution in [0.4, 0.5) is 5.69 Å². The maximum absolute atomic E-state index is 12.1. The van der Waals surface area contributed by atoms with E-state index in [0.29, 0.717) is 11.4 Å². The lowest BCUT2D eigenvalue weighted by Crippen LogP contribution is -2.07. The Morgan fingerprint density at radius 1 is 1.12 bits per heavy atom. The molecule has 0 aliphatic rings. The molecule has 25 heavy (non-hydrogen) atoms. The molecule has 2 aromatic carbocycles. The van der Waals surface area contributed by atoms with E-state index in [2.05, 4.69) is 10.3 Å². The van der Waals surface area contributed by atoms with Crippen LogP contribution in [0.15, 0.2) is 66.9 Å². The third-order valence-corrected chi connectivity index (χ3v) is 3.58. The summed E-state index contributed by atoms with van der Waals surface area (Å²) in [5.41, 5.74) is 2.50. The molecule has 1 aromatic heterocycles. The number of aliphatic hydroxyl groups is 1. The highest BCUT2D eigenvalue weighted by molar-refractivity contribution is 6.03. The van der Waals surface area contributed by atoms with Crippen molar-refractivity contribution in [2.24, 2.45) is 0 Å². The molecule has 0 radical (unpaired) electrons. The van der Waals surface area contributed by atoms with Crippen molar-refractivity contribution in [1.29, 1.82) is 0 Å². The van der Waals surface area contributed by atoms with Crippen molar-refractivity contribution in [3.63, 3.8) is 0 Å². The lowest BCUT2D eigenvalue weighted by atomic mass is 10.1. The number of hydrogen-bond donors (Lipinski definition) is 2. The van der Waals surface area contributed by atoms with Crippen molar-refractivity contribution in [3.8, 4) is 5.75 Å². The van der Waals surface area contributed by atoms with Gasteiger partial charge in [0, 0.05) is 23.3 Å². The number of aromatic nitrogens is 1. The molecule has 3 rings (SSSR count). The Morgan fingerprint density at radius 2 is 1.92 bits per heavy atom. The summed E-state index contributed by atoms with van der Waals surface area (Å²) in [5.74, 6) is 0.427. The highest BCUT2D eigenvalue weighted by atomic mass is 16.5. The molecule has 0 unspecified atom stereocenters. The fourth-order valence-electron chi connectivity index (χ4n) is 2.41. The Labute approximate surface area is 145 Å². The van der Waals surface area contributed by atoms with Gasteiger partial charge in [-0.2, -0.15) is 0 Å². The second-order valence-corrected chi connectivity index (χ2v) is 5.34. The average molecular weight is 334 g/mol. The Kier molecular flexibility index (Phi) is 5.39. The van der Waals surface area contributed by atoms with Crippen LogP contribution in [0.5, 0.6) is 5.75 Å². The molecule has 1 heterocycles. The summed E-state index contributed by atoms with van der Waals surface area (Å²) in [6, 6.07) is 16.7. The first-order valence-electron chi connectivity index (χ1n) is 7.93. The van der Waals surface area contributed by atoms with Gasteiger partial charge in [-0.1, -0.05) is 18.2 Å². The van der Waals surface area contributed by atoms with Gasteiger partial charge in [-0.15, -0.1) is 0 Å². The summed E-state index contributed by atoms with van der Waals surface area (Å²) >= 11 is 0. The summed E-state index contributed by atoms with van der Waals surface area (Å²) in [6.07, 6.45) is 5.00. The van der Waals surface area contributed by atoms with Crippen molar-refractivity contribution in [1.82, 2.24) is 4.98 Å². The molecule has 0 atom stereocenters. The van der Waals surface area contributed by atoms with Gasteiger partial charge in [-0.25, -0.2) is 0 Å². The van der Waals surface area contributed by atoms with E-state index in [9.17, 15) is 4.79 Å². The Bertz CT molecular complexity index is 884. The first kappa shape index (κ1) is 16.7. The maximum Gasteiger partial charge on any atom is 0.248 e. The summed E-state index contributed by atoms with van der Waals surface area (Å²) < 4.78 is 5.28. The first-order valence-corrected chi connectivity index (χ1v) is 7.93. The minimum Gasteiger partial charge on any atom is -0.491 e. The van der Waals surface area contributed by atoms with E-state index in [0.717, 1.165) is 16.5 Å². The number of pyridine rings is 1. The minimum atomic E-state index is -0.218. The quantitative estimate of drug-likeness (QED) is 0.679. The zero-order valence-electron chi connectivity index (χ0n) is 13.6. The molecule has 1 amide bonds. The van der Waals surface area contributed by atoms with E-state index >= 15 is 0 Å². The van der Waals surface area contributed by atoms with Crippen LogP contribution in [0.25, 0.3) is 17.0 Å². The summed E-state index contributed by atoms with van der Waals surface area (Å²) in [7, 11) is 0. The van der Waals surface area contributed by atoms with Gasteiger partial charge >= 0.3 is 0 Å². The van der Waals surface area contributed by atoms with Crippen molar-refractivity contribution in [2.75, 3.05) is 18.5 Å². The summed E-state index contributed by atoms with van der Waals surface area (Å²) in [6.45, 7) is 0.210. The van der Waals surface area contributed by atoms with E-state index in [1.54, 1.807) is 36.5 Å². The van der Waals surface area contributed by atoms with Crippen LogP contribution in [0.2, 0.25) is 0 Å². The monoisotopic (exact) mass is 334 g/mol. The maximum atomic E-state index is 12.1. The number of rotatable bonds is 6. The number of fused-ring (bicyclic) bond motifs is 1. The number of aliphatic hydroxyl groups excluding tert-OH is 1. The van der Waals surface area contributed by atoms with E-state index in [1.165, 1.54) is 6.08 Å².